The Labute approximate surface area is 186 Å². The van der Waals surface area contributed by atoms with Gasteiger partial charge < -0.3 is 9.52 Å². The van der Waals surface area contributed by atoms with Gasteiger partial charge in [-0.1, -0.05) is 72.0 Å². The highest BCUT2D eigenvalue weighted by Gasteiger charge is 2.32. The summed E-state index contributed by atoms with van der Waals surface area (Å²) in [4.78, 5) is 25.9. The van der Waals surface area contributed by atoms with E-state index in [2.05, 4.69) is 0 Å². The van der Waals surface area contributed by atoms with Crippen LogP contribution in [0.3, 0.4) is 0 Å². The smallest absolute Gasteiger partial charge is 0.337 e. The maximum Gasteiger partial charge on any atom is 0.337 e. The Kier molecular flexibility index (Phi) is 5.76. The van der Waals surface area contributed by atoms with Crippen LogP contribution in [0.1, 0.15) is 21.7 Å². The van der Waals surface area contributed by atoms with Crippen LogP contribution in [-0.4, -0.2) is 26.2 Å². The molecule has 1 aromatic heterocycles. The molecular formula is C22H14ClNO4S2. The molecule has 2 heterocycles. The van der Waals surface area contributed by atoms with E-state index in [1.165, 1.54) is 23.9 Å². The van der Waals surface area contributed by atoms with Gasteiger partial charge in [-0.05, 0) is 29.8 Å². The number of carbonyl (C=O) groups is 2. The second-order valence-electron chi connectivity index (χ2n) is 6.46. The predicted octanol–water partition coefficient (Wildman–Crippen LogP) is 5.70. The highest BCUT2D eigenvalue weighted by atomic mass is 35.5. The highest BCUT2D eigenvalue weighted by molar-refractivity contribution is 8.26. The molecule has 1 N–H and O–H groups in total. The van der Waals surface area contributed by atoms with Crippen molar-refractivity contribution in [3.63, 3.8) is 0 Å². The SMILES string of the molecule is O=C(O)c1ccc(-c2ccc(/C=C3/SC(=S)N(Cc4ccccc4)C3=O)o2)cc1Cl. The Morgan fingerprint density at radius 2 is 1.93 bits per heavy atom. The van der Waals surface area contributed by atoms with Crippen LogP contribution in [0.2, 0.25) is 5.02 Å². The second kappa shape index (κ2) is 8.47. The molecule has 4 rings (SSSR count). The summed E-state index contributed by atoms with van der Waals surface area (Å²) in [6.07, 6.45) is 1.65. The number of thiocarbonyl (C=S) groups is 1. The number of hydrogen-bond acceptors (Lipinski definition) is 5. The van der Waals surface area contributed by atoms with Crippen molar-refractivity contribution >= 4 is 57.9 Å². The van der Waals surface area contributed by atoms with E-state index >= 15 is 0 Å². The summed E-state index contributed by atoms with van der Waals surface area (Å²) >= 11 is 12.6. The van der Waals surface area contributed by atoms with Crippen LogP contribution in [0.5, 0.6) is 0 Å². The third kappa shape index (κ3) is 4.18. The van der Waals surface area contributed by atoms with Crippen LogP contribution in [0.15, 0.2) is 70.0 Å². The molecular weight excluding hydrogens is 442 g/mol. The summed E-state index contributed by atoms with van der Waals surface area (Å²) in [6.45, 7) is 0.417. The summed E-state index contributed by atoms with van der Waals surface area (Å²) in [5.74, 6) is -0.256. The van der Waals surface area contributed by atoms with Crippen molar-refractivity contribution in [1.82, 2.24) is 4.90 Å². The molecule has 1 aliphatic rings. The van der Waals surface area contributed by atoms with Gasteiger partial charge >= 0.3 is 5.97 Å². The van der Waals surface area contributed by atoms with Gasteiger partial charge in [-0.2, -0.15) is 0 Å². The maximum atomic E-state index is 12.8. The molecule has 0 bridgehead atoms. The van der Waals surface area contributed by atoms with Crippen molar-refractivity contribution in [3.8, 4) is 11.3 Å². The monoisotopic (exact) mass is 455 g/mol. The average Bonchev–Trinajstić information content (AvgIpc) is 3.29. The molecule has 150 valence electrons. The number of rotatable bonds is 5. The fourth-order valence-electron chi connectivity index (χ4n) is 2.96. The summed E-state index contributed by atoms with van der Waals surface area (Å²) in [5, 5.41) is 9.21. The summed E-state index contributed by atoms with van der Waals surface area (Å²) < 4.78 is 6.31. The molecule has 0 atom stereocenters. The first-order valence-electron chi connectivity index (χ1n) is 8.85. The Hall–Kier alpha value is -2.87. The van der Waals surface area contributed by atoms with Gasteiger partial charge in [0.05, 0.1) is 22.0 Å². The molecule has 5 nitrogen and oxygen atoms in total. The standard InChI is InChI=1S/C22H14ClNO4S2/c23-17-10-14(6-8-16(17)21(26)27)18-9-7-15(28-18)11-19-20(25)24(22(29)30-19)12-13-4-2-1-3-5-13/h1-11H,12H2,(H,26,27)/b19-11+. The van der Waals surface area contributed by atoms with Crippen molar-refractivity contribution in [1.29, 1.82) is 0 Å². The topological polar surface area (TPSA) is 70.8 Å². The van der Waals surface area contributed by atoms with Gasteiger partial charge in [-0.15, -0.1) is 0 Å². The summed E-state index contributed by atoms with van der Waals surface area (Å²) in [5.41, 5.74) is 1.66. The number of nitrogens with zero attached hydrogens (tertiary/aromatic N) is 1. The van der Waals surface area contributed by atoms with Crippen LogP contribution in [0.25, 0.3) is 17.4 Å². The molecule has 1 saturated heterocycles. The number of benzene rings is 2. The molecule has 2 aromatic carbocycles. The number of hydrogen-bond donors (Lipinski definition) is 1. The van der Waals surface area contributed by atoms with Crippen LogP contribution in [-0.2, 0) is 11.3 Å². The first-order valence-corrected chi connectivity index (χ1v) is 10.4. The molecule has 1 fully saturated rings. The minimum absolute atomic E-state index is 0.0225. The third-order valence-corrected chi connectivity index (χ3v) is 6.13. The Morgan fingerprint density at radius 1 is 1.17 bits per heavy atom. The number of thioether (sulfide) groups is 1. The number of aromatic carboxylic acids is 1. The molecule has 0 aliphatic carbocycles. The zero-order valence-corrected chi connectivity index (χ0v) is 17.8. The summed E-state index contributed by atoms with van der Waals surface area (Å²) in [7, 11) is 0. The molecule has 0 saturated carbocycles. The van der Waals surface area contributed by atoms with Crippen molar-refractivity contribution in [3.05, 3.63) is 87.5 Å². The second-order valence-corrected chi connectivity index (χ2v) is 8.54. The number of carboxylic acids is 1. The number of halogens is 1. The first kappa shape index (κ1) is 20.4. The lowest BCUT2D eigenvalue weighted by molar-refractivity contribution is -0.122. The molecule has 8 heteroatoms. The quantitative estimate of drug-likeness (QED) is 0.393. The number of carbonyl (C=O) groups excluding carboxylic acids is 1. The number of furan rings is 1. The lowest BCUT2D eigenvalue weighted by Crippen LogP contribution is -2.27. The Morgan fingerprint density at radius 3 is 2.63 bits per heavy atom. The molecule has 0 spiro atoms. The molecule has 1 amide bonds. The van der Waals surface area contributed by atoms with Gasteiger partial charge in [0.2, 0.25) is 0 Å². The van der Waals surface area contributed by atoms with E-state index in [9.17, 15) is 9.59 Å². The number of carboxylic acid groups (broad SMARTS) is 1. The van der Waals surface area contributed by atoms with E-state index in [4.69, 9.17) is 33.3 Å². The predicted molar refractivity (Wildman–Crippen MR) is 121 cm³/mol. The highest BCUT2D eigenvalue weighted by Crippen LogP contribution is 2.35. The molecule has 0 unspecified atom stereocenters. The zero-order valence-electron chi connectivity index (χ0n) is 15.4. The maximum absolute atomic E-state index is 12.8. The van der Waals surface area contributed by atoms with E-state index < -0.39 is 5.97 Å². The van der Waals surface area contributed by atoms with Gasteiger partial charge in [0, 0.05) is 11.6 Å². The van der Waals surface area contributed by atoms with Crippen LogP contribution in [0.4, 0.5) is 0 Å². The molecule has 3 aromatic rings. The van der Waals surface area contributed by atoms with E-state index in [-0.39, 0.29) is 16.5 Å². The normalized spacial score (nSPS) is 15.2. The zero-order chi connectivity index (χ0) is 21.3. The van der Waals surface area contributed by atoms with Crippen molar-refractivity contribution in [2.45, 2.75) is 6.54 Å². The average molecular weight is 456 g/mol. The number of amides is 1. The van der Waals surface area contributed by atoms with E-state index in [0.717, 1.165) is 5.56 Å². The van der Waals surface area contributed by atoms with Gasteiger partial charge in [-0.3, -0.25) is 9.69 Å². The molecule has 0 radical (unpaired) electrons. The largest absolute Gasteiger partial charge is 0.478 e. The summed E-state index contributed by atoms with van der Waals surface area (Å²) in [6, 6.07) is 17.7. The minimum atomic E-state index is -1.09. The van der Waals surface area contributed by atoms with Gasteiger partial charge in [0.25, 0.3) is 5.91 Å². The third-order valence-electron chi connectivity index (χ3n) is 4.44. The Balaban J connectivity index is 1.54. The fraction of sp³-hybridized carbons (Fsp3) is 0.0455. The van der Waals surface area contributed by atoms with E-state index in [0.29, 0.717) is 32.9 Å². The minimum Gasteiger partial charge on any atom is -0.478 e. The Bertz CT molecular complexity index is 1190. The van der Waals surface area contributed by atoms with Crippen molar-refractivity contribution in [2.75, 3.05) is 0 Å². The van der Waals surface area contributed by atoms with Gasteiger partial charge in [0.1, 0.15) is 15.8 Å². The van der Waals surface area contributed by atoms with Gasteiger partial charge in [0.15, 0.2) is 0 Å². The van der Waals surface area contributed by atoms with Crippen LogP contribution in [0, 0.1) is 0 Å². The molecule has 30 heavy (non-hydrogen) atoms. The lowest BCUT2D eigenvalue weighted by atomic mass is 10.1. The van der Waals surface area contributed by atoms with Crippen molar-refractivity contribution in [2.24, 2.45) is 0 Å². The molecule has 1 aliphatic heterocycles. The fourth-order valence-corrected chi connectivity index (χ4v) is 4.46. The first-order chi connectivity index (χ1) is 14.4. The van der Waals surface area contributed by atoms with Crippen LogP contribution >= 0.6 is 35.6 Å². The van der Waals surface area contributed by atoms with Crippen molar-refractivity contribution < 1.29 is 19.1 Å². The van der Waals surface area contributed by atoms with E-state index in [1.807, 2.05) is 30.3 Å². The van der Waals surface area contributed by atoms with Crippen LogP contribution < -0.4 is 0 Å². The lowest BCUT2D eigenvalue weighted by Gasteiger charge is -2.14. The van der Waals surface area contributed by atoms with Gasteiger partial charge in [-0.25, -0.2) is 4.79 Å². The van der Waals surface area contributed by atoms with E-state index in [1.54, 1.807) is 29.2 Å².